The predicted octanol–water partition coefficient (Wildman–Crippen LogP) is 2.04. The largest absolute Gasteiger partial charge is 0.347 e. The van der Waals surface area contributed by atoms with E-state index < -0.39 is 20.1 Å². The molecule has 0 fully saturated rings. The molecule has 0 heterocycles. The van der Waals surface area contributed by atoms with Crippen molar-refractivity contribution in [3.63, 3.8) is 0 Å². The summed E-state index contributed by atoms with van der Waals surface area (Å²) in [4.78, 5) is 22.1. The van der Waals surface area contributed by atoms with Crippen molar-refractivity contribution in [2.24, 2.45) is 0 Å². The maximum absolute atomic E-state index is 11.8. The average molecular weight is 452 g/mol. The molecule has 0 aliphatic carbocycles. The maximum Gasteiger partial charge on any atom is 0.251 e. The summed E-state index contributed by atoms with van der Waals surface area (Å²) in [6.07, 6.45) is 0. The van der Waals surface area contributed by atoms with E-state index in [0.29, 0.717) is 5.56 Å². The molecule has 0 bridgehead atoms. The Morgan fingerprint density at radius 1 is 0.964 bits per heavy atom. The quantitative estimate of drug-likeness (QED) is 0.364. The number of rotatable bonds is 5. The fourth-order valence-corrected chi connectivity index (χ4v) is 3.99. The van der Waals surface area contributed by atoms with Gasteiger partial charge in [0.25, 0.3) is 5.91 Å². The molecule has 0 saturated carbocycles. The van der Waals surface area contributed by atoms with Crippen LogP contribution in [0.25, 0.3) is 0 Å². The van der Waals surface area contributed by atoms with Crippen LogP contribution >= 0.6 is 0 Å². The molecular formula is C19H25AsN2O6. The first kappa shape index (κ1) is 23.7. The van der Waals surface area contributed by atoms with E-state index in [9.17, 15) is 13.3 Å². The molecule has 2 aromatic carbocycles. The van der Waals surface area contributed by atoms with Gasteiger partial charge in [0.05, 0.1) is 0 Å². The minimum absolute atomic E-state index is 0.0203. The molecule has 0 spiro atoms. The van der Waals surface area contributed by atoms with Crippen LogP contribution in [0.3, 0.4) is 0 Å². The summed E-state index contributed by atoms with van der Waals surface area (Å²) in [5, 5.41) is 11.4. The normalized spacial score (nSPS) is 12.8. The third kappa shape index (κ3) is 8.54. The summed E-state index contributed by atoms with van der Waals surface area (Å²) >= 11 is -4.55. The zero-order valence-corrected chi connectivity index (χ0v) is 18.1. The van der Waals surface area contributed by atoms with E-state index in [1.807, 2.05) is 44.5 Å². The molecule has 9 heteroatoms. The molecule has 152 valence electrons. The second kappa shape index (κ2) is 10.8. The Balaban J connectivity index is 0.000000283. The number of carbonyl (C=O) groups is 2. The van der Waals surface area contributed by atoms with Gasteiger partial charge in [0.1, 0.15) is 0 Å². The third-order valence-corrected chi connectivity index (χ3v) is 6.11. The second-order valence-electron chi connectivity index (χ2n) is 6.73. The summed E-state index contributed by atoms with van der Waals surface area (Å²) in [6.45, 7) is 7.08. The number of hydrogen-bond acceptors (Lipinski definition) is 6. The minimum Gasteiger partial charge on any atom is -0.347 e. The van der Waals surface area contributed by atoms with Gasteiger partial charge in [-0.25, -0.2) is 0 Å². The molecule has 8 nitrogen and oxygen atoms in total. The van der Waals surface area contributed by atoms with E-state index in [-0.39, 0.29) is 15.8 Å². The molecule has 28 heavy (non-hydrogen) atoms. The van der Waals surface area contributed by atoms with Crippen molar-refractivity contribution in [3.8, 4) is 0 Å². The van der Waals surface area contributed by atoms with E-state index in [4.69, 9.17) is 5.26 Å². The standard InChI is InChI=1S/C11H15NO.C8H10AsNO5/c1-11(2,3)12-10(13)9-7-5-4-6-8-9;1-7(11)10-14-9(12,15-13)8-5-3-2-4-6-8/h4-8H,1-3H3,(H,12,13);2-6,13H,1H3,(H,10,11). The summed E-state index contributed by atoms with van der Waals surface area (Å²) in [6, 6.07) is 17.1. The summed E-state index contributed by atoms with van der Waals surface area (Å²) in [5.41, 5.74) is 2.41. The molecular weight excluding hydrogens is 427 g/mol. The Labute approximate surface area is 167 Å². The van der Waals surface area contributed by atoms with E-state index in [0.717, 1.165) is 0 Å². The zero-order valence-electron chi connectivity index (χ0n) is 16.2. The van der Waals surface area contributed by atoms with Crippen LogP contribution in [0.2, 0.25) is 0 Å². The number of benzene rings is 2. The fraction of sp³-hybridized carbons (Fsp3) is 0.263. The van der Waals surface area contributed by atoms with E-state index in [1.165, 1.54) is 19.1 Å². The minimum atomic E-state index is -4.55. The van der Waals surface area contributed by atoms with E-state index >= 15 is 0 Å². The summed E-state index contributed by atoms with van der Waals surface area (Å²) < 4.78 is 20.5. The summed E-state index contributed by atoms with van der Waals surface area (Å²) in [7, 11) is 0. The molecule has 2 rings (SSSR count). The van der Waals surface area contributed by atoms with Crippen molar-refractivity contribution in [3.05, 3.63) is 66.2 Å². The average Bonchev–Trinajstić information content (AvgIpc) is 2.66. The Morgan fingerprint density at radius 2 is 1.46 bits per heavy atom. The Bertz CT molecular complexity index is 806. The van der Waals surface area contributed by atoms with Crippen molar-refractivity contribution >= 4 is 30.3 Å². The first-order valence-corrected chi connectivity index (χ1v) is 11.6. The molecule has 3 N–H and O–H groups in total. The van der Waals surface area contributed by atoms with Gasteiger partial charge in [0.2, 0.25) is 0 Å². The third-order valence-electron chi connectivity index (χ3n) is 3.01. The molecule has 0 aromatic heterocycles. The number of carbonyl (C=O) groups excluding carboxylic acids is 2. The monoisotopic (exact) mass is 452 g/mol. The second-order valence-corrected chi connectivity index (χ2v) is 10.6. The maximum atomic E-state index is 11.8. The number of nitrogens with one attached hydrogen (secondary N) is 2. The smallest absolute Gasteiger partial charge is 0.251 e. The van der Waals surface area contributed by atoms with Crippen molar-refractivity contribution < 1.29 is 26.3 Å². The van der Waals surface area contributed by atoms with Gasteiger partial charge >= 0.3 is 88.7 Å². The molecule has 2 amide bonds. The Morgan fingerprint density at radius 3 is 1.89 bits per heavy atom. The number of hydrogen-bond donors (Lipinski definition) is 3. The van der Waals surface area contributed by atoms with Gasteiger partial charge < -0.3 is 5.32 Å². The zero-order chi connectivity index (χ0) is 21.2. The van der Waals surface area contributed by atoms with E-state index in [2.05, 4.69) is 13.0 Å². The van der Waals surface area contributed by atoms with Crippen molar-refractivity contribution in [2.45, 2.75) is 33.2 Å². The number of hydroxylamine groups is 1. The molecule has 1 atom stereocenters. The SMILES string of the molecule is CC(=O)NO[As](=O)(OO)c1ccccc1.CC(C)(C)NC(=O)c1ccccc1. The van der Waals surface area contributed by atoms with E-state index in [1.54, 1.807) is 30.3 Å². The summed E-state index contributed by atoms with van der Waals surface area (Å²) in [5.74, 6) is -0.558. The molecule has 1 unspecified atom stereocenters. The predicted molar refractivity (Wildman–Crippen MR) is 105 cm³/mol. The van der Waals surface area contributed by atoms with Gasteiger partial charge in [-0.2, -0.15) is 0 Å². The van der Waals surface area contributed by atoms with Gasteiger partial charge in [-0.1, -0.05) is 18.2 Å². The molecule has 0 saturated heterocycles. The Hall–Kier alpha value is -2.38. The van der Waals surface area contributed by atoms with Crippen LogP contribution in [-0.4, -0.2) is 36.8 Å². The van der Waals surface area contributed by atoms with Gasteiger partial charge in [0, 0.05) is 11.1 Å². The number of amides is 2. The van der Waals surface area contributed by atoms with Crippen molar-refractivity contribution in [1.29, 1.82) is 0 Å². The van der Waals surface area contributed by atoms with Gasteiger partial charge in [0.15, 0.2) is 0 Å². The van der Waals surface area contributed by atoms with Crippen molar-refractivity contribution in [1.82, 2.24) is 10.8 Å². The van der Waals surface area contributed by atoms with Crippen LogP contribution in [0.4, 0.5) is 0 Å². The fourth-order valence-electron chi connectivity index (χ4n) is 1.85. The van der Waals surface area contributed by atoms with Crippen LogP contribution in [0.5, 0.6) is 0 Å². The van der Waals surface area contributed by atoms with Crippen LogP contribution in [0, 0.1) is 0 Å². The van der Waals surface area contributed by atoms with Crippen molar-refractivity contribution in [2.75, 3.05) is 0 Å². The Kier molecular flexibility index (Phi) is 9.15. The van der Waals surface area contributed by atoms with Crippen LogP contribution < -0.4 is 15.1 Å². The first-order valence-electron chi connectivity index (χ1n) is 8.39. The topological polar surface area (TPSA) is 114 Å². The molecule has 0 radical (unpaired) electrons. The van der Waals surface area contributed by atoms with Crippen LogP contribution in [0.1, 0.15) is 38.1 Å². The van der Waals surface area contributed by atoms with Gasteiger partial charge in [-0.15, -0.1) is 0 Å². The van der Waals surface area contributed by atoms with Gasteiger partial charge in [-0.05, 0) is 32.9 Å². The van der Waals surface area contributed by atoms with Gasteiger partial charge in [-0.3, -0.25) is 4.79 Å². The molecule has 0 aliphatic heterocycles. The van der Waals surface area contributed by atoms with Crippen LogP contribution in [0.15, 0.2) is 60.7 Å². The molecule has 0 aliphatic rings. The van der Waals surface area contributed by atoms with Crippen LogP contribution in [-0.2, 0) is 16.2 Å². The first-order chi connectivity index (χ1) is 13.1. The molecule has 2 aromatic rings.